The molecular formula is C14H7ClN2. The number of pyridine rings is 1. The third-order valence-electron chi connectivity index (χ3n) is 2.05. The topological polar surface area (TPSA) is 17.2 Å². The largest absolute Gasteiger partial charge is 0.359 e. The van der Waals surface area contributed by atoms with Gasteiger partial charge < -0.3 is 4.85 Å². The van der Waals surface area contributed by atoms with Gasteiger partial charge in [-0.3, -0.25) is 0 Å². The first-order chi connectivity index (χ1) is 8.29. The first kappa shape index (κ1) is 11.2. The van der Waals surface area contributed by atoms with Crippen molar-refractivity contribution in [2.75, 3.05) is 0 Å². The fraction of sp³-hybridized carbons (Fsp3) is 0. The number of hydrogen-bond acceptors (Lipinski definition) is 1. The van der Waals surface area contributed by atoms with Crippen molar-refractivity contribution in [3.8, 4) is 11.8 Å². The van der Waals surface area contributed by atoms with Crippen LogP contribution in [0, 0.1) is 18.4 Å². The number of aromatic nitrogens is 1. The molecule has 1 aromatic heterocycles. The maximum absolute atomic E-state index is 6.83. The van der Waals surface area contributed by atoms with Crippen LogP contribution in [0.1, 0.15) is 11.1 Å². The second kappa shape index (κ2) is 5.16. The Bertz CT molecular complexity index is 631. The van der Waals surface area contributed by atoms with Crippen LogP contribution in [0.3, 0.4) is 0 Å². The summed E-state index contributed by atoms with van der Waals surface area (Å²) in [6.45, 7) is 6.83. The highest BCUT2D eigenvalue weighted by atomic mass is 35.5. The van der Waals surface area contributed by atoms with Crippen molar-refractivity contribution in [3.63, 3.8) is 0 Å². The normalized spacial score (nSPS) is 8.94. The molecule has 0 bridgehead atoms. The highest BCUT2D eigenvalue weighted by Crippen LogP contribution is 2.22. The zero-order valence-electron chi connectivity index (χ0n) is 8.81. The van der Waals surface area contributed by atoms with Gasteiger partial charge in [-0.15, -0.1) is 4.98 Å². The summed E-state index contributed by atoms with van der Waals surface area (Å²) in [5, 5.41) is 0.333. The second-order valence-electron chi connectivity index (χ2n) is 3.26. The average molecular weight is 239 g/mol. The van der Waals surface area contributed by atoms with Crippen molar-refractivity contribution >= 4 is 17.4 Å². The molecule has 1 heterocycles. The Morgan fingerprint density at radius 3 is 2.47 bits per heavy atom. The predicted molar refractivity (Wildman–Crippen MR) is 67.9 cm³/mol. The summed E-state index contributed by atoms with van der Waals surface area (Å²) in [6.07, 6.45) is 1.55. The Morgan fingerprint density at radius 1 is 1.12 bits per heavy atom. The molecule has 0 radical (unpaired) electrons. The van der Waals surface area contributed by atoms with Gasteiger partial charge in [0.1, 0.15) is 6.20 Å². The Labute approximate surface area is 105 Å². The standard InChI is InChI=1S/C14H7ClN2/c1-16-14-13(15)9-12(10-17-14)8-7-11-5-3-2-4-6-11/h2-6,9-10H. The maximum atomic E-state index is 6.83. The Hall–Kier alpha value is -2.29. The molecule has 2 nitrogen and oxygen atoms in total. The molecule has 0 spiro atoms. The number of rotatable bonds is 0. The summed E-state index contributed by atoms with van der Waals surface area (Å²) in [4.78, 5) is 7.11. The van der Waals surface area contributed by atoms with E-state index in [1.165, 1.54) is 0 Å². The van der Waals surface area contributed by atoms with Crippen LogP contribution >= 0.6 is 11.6 Å². The zero-order valence-corrected chi connectivity index (χ0v) is 9.57. The number of hydrogen-bond donors (Lipinski definition) is 0. The molecule has 3 heteroatoms. The average Bonchev–Trinajstić information content (AvgIpc) is 2.38. The molecular weight excluding hydrogens is 232 g/mol. The molecule has 2 aromatic rings. The molecule has 0 amide bonds. The summed E-state index contributed by atoms with van der Waals surface area (Å²) in [6, 6.07) is 11.3. The van der Waals surface area contributed by atoms with Crippen molar-refractivity contribution in [3.05, 3.63) is 70.2 Å². The van der Waals surface area contributed by atoms with Crippen molar-refractivity contribution < 1.29 is 0 Å². The Morgan fingerprint density at radius 2 is 1.82 bits per heavy atom. The molecule has 17 heavy (non-hydrogen) atoms. The van der Waals surface area contributed by atoms with Crippen molar-refractivity contribution in [2.24, 2.45) is 0 Å². The van der Waals surface area contributed by atoms with Gasteiger partial charge in [0.15, 0.2) is 0 Å². The summed E-state index contributed by atoms with van der Waals surface area (Å²) in [7, 11) is 0. The van der Waals surface area contributed by atoms with E-state index in [9.17, 15) is 0 Å². The number of nitrogens with zero attached hydrogens (tertiary/aromatic N) is 2. The van der Waals surface area contributed by atoms with Crippen LogP contribution in [0.2, 0.25) is 5.02 Å². The number of benzene rings is 1. The lowest BCUT2D eigenvalue weighted by Crippen LogP contribution is -1.80. The molecule has 2 rings (SSSR count). The molecule has 1 aromatic carbocycles. The van der Waals surface area contributed by atoms with E-state index in [0.717, 1.165) is 5.56 Å². The van der Waals surface area contributed by atoms with Gasteiger partial charge in [0, 0.05) is 5.56 Å². The molecule has 0 aliphatic heterocycles. The van der Waals surface area contributed by atoms with Crippen LogP contribution in [-0.2, 0) is 0 Å². The van der Waals surface area contributed by atoms with Crippen molar-refractivity contribution in [1.29, 1.82) is 0 Å². The molecule has 0 unspecified atom stereocenters. The monoisotopic (exact) mass is 238 g/mol. The first-order valence-electron chi connectivity index (χ1n) is 4.89. The van der Waals surface area contributed by atoms with Gasteiger partial charge >= 0.3 is 0 Å². The highest BCUT2D eigenvalue weighted by Gasteiger charge is 2.01. The highest BCUT2D eigenvalue weighted by molar-refractivity contribution is 6.33. The molecule has 0 atom stereocenters. The van der Waals surface area contributed by atoms with Gasteiger partial charge in [0.05, 0.1) is 10.6 Å². The van der Waals surface area contributed by atoms with E-state index in [1.807, 2.05) is 30.3 Å². The Balaban J connectivity index is 2.30. The minimum Gasteiger partial charge on any atom is -0.359 e. The molecule has 0 aliphatic carbocycles. The second-order valence-corrected chi connectivity index (χ2v) is 3.66. The summed E-state index contributed by atoms with van der Waals surface area (Å²) >= 11 is 5.87. The summed E-state index contributed by atoms with van der Waals surface area (Å²) in [5.41, 5.74) is 1.63. The van der Waals surface area contributed by atoms with Gasteiger partial charge in [0.25, 0.3) is 5.82 Å². The Kier molecular flexibility index (Phi) is 3.40. The fourth-order valence-electron chi connectivity index (χ4n) is 1.25. The zero-order chi connectivity index (χ0) is 12.1. The van der Waals surface area contributed by atoms with Gasteiger partial charge in [0.2, 0.25) is 0 Å². The third kappa shape index (κ3) is 2.84. The van der Waals surface area contributed by atoms with Gasteiger partial charge in [-0.2, -0.15) is 0 Å². The first-order valence-corrected chi connectivity index (χ1v) is 5.27. The van der Waals surface area contributed by atoms with E-state index in [0.29, 0.717) is 10.6 Å². The molecule has 0 N–H and O–H groups in total. The van der Waals surface area contributed by atoms with E-state index >= 15 is 0 Å². The fourth-order valence-corrected chi connectivity index (χ4v) is 1.46. The third-order valence-corrected chi connectivity index (χ3v) is 2.33. The van der Waals surface area contributed by atoms with Crippen LogP contribution in [0.15, 0.2) is 42.6 Å². The lowest BCUT2D eigenvalue weighted by atomic mass is 10.2. The van der Waals surface area contributed by atoms with Crippen molar-refractivity contribution in [2.45, 2.75) is 0 Å². The smallest absolute Gasteiger partial charge is 0.288 e. The van der Waals surface area contributed by atoms with Crippen molar-refractivity contribution in [1.82, 2.24) is 4.98 Å². The van der Waals surface area contributed by atoms with Crippen LogP contribution in [-0.4, -0.2) is 4.98 Å². The van der Waals surface area contributed by atoms with E-state index in [1.54, 1.807) is 12.3 Å². The summed E-state index contributed by atoms with van der Waals surface area (Å²) < 4.78 is 0. The van der Waals surface area contributed by atoms with E-state index < -0.39 is 0 Å². The van der Waals surface area contributed by atoms with Crippen LogP contribution in [0.5, 0.6) is 0 Å². The van der Waals surface area contributed by atoms with Gasteiger partial charge in [-0.25, -0.2) is 0 Å². The molecule has 0 saturated carbocycles. The minimum absolute atomic E-state index is 0.205. The van der Waals surface area contributed by atoms with Crippen LogP contribution in [0.4, 0.5) is 5.82 Å². The predicted octanol–water partition coefficient (Wildman–Crippen LogP) is 3.69. The van der Waals surface area contributed by atoms with Crippen LogP contribution in [0.25, 0.3) is 4.85 Å². The van der Waals surface area contributed by atoms with E-state index in [-0.39, 0.29) is 5.82 Å². The SMILES string of the molecule is [C-]#[N+]c1ncc(C#Cc2ccccc2)cc1Cl. The van der Waals surface area contributed by atoms with Gasteiger partial charge in [-0.05, 0) is 18.2 Å². The quantitative estimate of drug-likeness (QED) is 0.506. The van der Waals surface area contributed by atoms with E-state index in [4.69, 9.17) is 18.2 Å². The molecule has 0 fully saturated rings. The van der Waals surface area contributed by atoms with E-state index in [2.05, 4.69) is 21.7 Å². The number of halogens is 1. The molecule has 0 saturated heterocycles. The lowest BCUT2D eigenvalue weighted by molar-refractivity contribution is 1.34. The molecule has 0 aliphatic rings. The van der Waals surface area contributed by atoms with Crippen LogP contribution < -0.4 is 0 Å². The molecule has 80 valence electrons. The van der Waals surface area contributed by atoms with Gasteiger partial charge in [-0.1, -0.05) is 48.2 Å². The summed E-state index contributed by atoms with van der Waals surface area (Å²) in [5.74, 6) is 6.16. The minimum atomic E-state index is 0.205. The lowest BCUT2D eigenvalue weighted by Gasteiger charge is -1.93. The maximum Gasteiger partial charge on any atom is 0.288 e.